The average molecular weight is 192 g/mol. The quantitative estimate of drug-likeness (QED) is 0.779. The van der Waals surface area contributed by atoms with E-state index >= 15 is 0 Å². The first-order valence-electron chi connectivity index (χ1n) is 4.69. The van der Waals surface area contributed by atoms with Gasteiger partial charge in [-0.3, -0.25) is 4.79 Å². The van der Waals surface area contributed by atoms with Crippen molar-refractivity contribution in [2.45, 2.75) is 13.0 Å². The Labute approximate surface area is 84.5 Å². The fraction of sp³-hybridized carbons (Fsp3) is 0.364. The molecule has 0 saturated heterocycles. The summed E-state index contributed by atoms with van der Waals surface area (Å²) in [7, 11) is 1.77. The molecule has 0 saturated carbocycles. The van der Waals surface area contributed by atoms with Crippen LogP contribution in [0, 0.1) is 0 Å². The van der Waals surface area contributed by atoms with Crippen LogP contribution in [-0.4, -0.2) is 30.4 Å². The van der Waals surface area contributed by atoms with Gasteiger partial charge in [0.1, 0.15) is 0 Å². The topological polar surface area (TPSA) is 46.3 Å². The lowest BCUT2D eigenvalue weighted by atomic mass is 10.2. The van der Waals surface area contributed by atoms with Gasteiger partial charge in [-0.05, 0) is 19.1 Å². The maximum Gasteiger partial charge on any atom is 0.253 e. The van der Waals surface area contributed by atoms with E-state index in [1.165, 1.54) is 0 Å². The van der Waals surface area contributed by atoms with Gasteiger partial charge >= 0.3 is 0 Å². The highest BCUT2D eigenvalue weighted by Gasteiger charge is 2.15. The van der Waals surface area contributed by atoms with Crippen LogP contribution in [0.4, 0.5) is 0 Å². The van der Waals surface area contributed by atoms with Gasteiger partial charge in [-0.15, -0.1) is 0 Å². The molecule has 14 heavy (non-hydrogen) atoms. The van der Waals surface area contributed by atoms with Gasteiger partial charge in [0.05, 0.1) is 0 Å². The van der Waals surface area contributed by atoms with Crippen molar-refractivity contribution < 1.29 is 4.79 Å². The Morgan fingerprint density at radius 2 is 2.00 bits per heavy atom. The van der Waals surface area contributed by atoms with Crippen molar-refractivity contribution in [1.82, 2.24) is 4.90 Å². The van der Waals surface area contributed by atoms with Crippen molar-refractivity contribution in [3.8, 4) is 0 Å². The molecule has 0 bridgehead atoms. The molecule has 1 aromatic rings. The van der Waals surface area contributed by atoms with Gasteiger partial charge in [-0.25, -0.2) is 0 Å². The van der Waals surface area contributed by atoms with E-state index < -0.39 is 0 Å². The molecule has 2 N–H and O–H groups in total. The minimum atomic E-state index is 0.0172. The molecule has 0 spiro atoms. The Balaban J connectivity index is 2.76. The van der Waals surface area contributed by atoms with Gasteiger partial charge in [0.2, 0.25) is 0 Å². The maximum atomic E-state index is 11.8. The van der Waals surface area contributed by atoms with Crippen molar-refractivity contribution >= 4 is 5.91 Å². The molecule has 3 heteroatoms. The van der Waals surface area contributed by atoms with Crippen LogP contribution in [0.15, 0.2) is 30.3 Å². The summed E-state index contributed by atoms with van der Waals surface area (Å²) in [6.45, 7) is 2.41. The number of nitrogens with two attached hydrogens (primary N) is 1. The summed E-state index contributed by atoms with van der Waals surface area (Å²) in [5.41, 5.74) is 6.20. The van der Waals surface area contributed by atoms with E-state index in [9.17, 15) is 4.79 Å². The number of rotatable bonds is 3. The van der Waals surface area contributed by atoms with Gasteiger partial charge in [-0.2, -0.15) is 0 Å². The molecule has 76 valence electrons. The Morgan fingerprint density at radius 3 is 2.50 bits per heavy atom. The number of hydrogen-bond acceptors (Lipinski definition) is 2. The standard InChI is InChI=1S/C11H16N2O/c1-9(8-12)13(2)11(14)10-6-4-3-5-7-10/h3-7,9H,8,12H2,1-2H3. The van der Waals surface area contributed by atoms with Crippen LogP contribution in [-0.2, 0) is 0 Å². The molecule has 0 aliphatic carbocycles. The van der Waals surface area contributed by atoms with Crippen LogP contribution < -0.4 is 5.73 Å². The van der Waals surface area contributed by atoms with Crippen LogP contribution in [0.5, 0.6) is 0 Å². The Kier molecular flexibility index (Phi) is 3.65. The Hall–Kier alpha value is -1.35. The van der Waals surface area contributed by atoms with Crippen LogP contribution in [0.25, 0.3) is 0 Å². The molecule has 0 radical (unpaired) electrons. The predicted octanol–water partition coefficient (Wildman–Crippen LogP) is 1.11. The number of benzene rings is 1. The monoisotopic (exact) mass is 192 g/mol. The van der Waals surface area contributed by atoms with Gasteiger partial charge in [-0.1, -0.05) is 18.2 Å². The fourth-order valence-corrected chi connectivity index (χ4v) is 1.14. The van der Waals surface area contributed by atoms with Gasteiger partial charge in [0, 0.05) is 25.2 Å². The van der Waals surface area contributed by atoms with Crippen LogP contribution in [0.3, 0.4) is 0 Å². The number of nitrogens with zero attached hydrogens (tertiary/aromatic N) is 1. The van der Waals surface area contributed by atoms with Gasteiger partial charge in [0.25, 0.3) is 5.91 Å². The van der Waals surface area contributed by atoms with Gasteiger partial charge < -0.3 is 10.6 Å². The van der Waals surface area contributed by atoms with Crippen molar-refractivity contribution in [2.24, 2.45) is 5.73 Å². The molecule has 1 atom stereocenters. The van der Waals surface area contributed by atoms with Crippen molar-refractivity contribution in [2.75, 3.05) is 13.6 Å². The average Bonchev–Trinajstić information content (AvgIpc) is 2.27. The smallest absolute Gasteiger partial charge is 0.253 e. The number of amides is 1. The highest BCUT2D eigenvalue weighted by Crippen LogP contribution is 2.05. The van der Waals surface area contributed by atoms with E-state index in [2.05, 4.69) is 0 Å². The summed E-state index contributed by atoms with van der Waals surface area (Å²) in [6, 6.07) is 9.29. The lowest BCUT2D eigenvalue weighted by molar-refractivity contribution is 0.0748. The SMILES string of the molecule is CC(CN)N(C)C(=O)c1ccccc1. The molecule has 1 aromatic carbocycles. The zero-order chi connectivity index (χ0) is 10.6. The van der Waals surface area contributed by atoms with E-state index in [0.29, 0.717) is 12.1 Å². The minimum absolute atomic E-state index is 0.0172. The summed E-state index contributed by atoms with van der Waals surface area (Å²) in [5.74, 6) is 0.0172. The van der Waals surface area contributed by atoms with Crippen molar-refractivity contribution in [1.29, 1.82) is 0 Å². The first-order chi connectivity index (χ1) is 6.66. The van der Waals surface area contributed by atoms with Crippen LogP contribution in [0.1, 0.15) is 17.3 Å². The minimum Gasteiger partial charge on any atom is -0.338 e. The van der Waals surface area contributed by atoms with Crippen molar-refractivity contribution in [3.63, 3.8) is 0 Å². The third kappa shape index (κ3) is 2.33. The molecule has 0 aliphatic rings. The fourth-order valence-electron chi connectivity index (χ4n) is 1.14. The third-order valence-electron chi connectivity index (χ3n) is 2.34. The van der Waals surface area contributed by atoms with Crippen molar-refractivity contribution in [3.05, 3.63) is 35.9 Å². The first kappa shape index (κ1) is 10.7. The van der Waals surface area contributed by atoms with E-state index in [4.69, 9.17) is 5.73 Å². The highest BCUT2D eigenvalue weighted by atomic mass is 16.2. The van der Waals surface area contributed by atoms with E-state index in [-0.39, 0.29) is 11.9 Å². The summed E-state index contributed by atoms with van der Waals surface area (Å²) < 4.78 is 0. The normalized spacial score (nSPS) is 12.2. The van der Waals surface area contributed by atoms with Crippen LogP contribution >= 0.6 is 0 Å². The predicted molar refractivity (Wildman–Crippen MR) is 57.1 cm³/mol. The lowest BCUT2D eigenvalue weighted by Gasteiger charge is -2.23. The number of carbonyl (C=O) groups is 1. The highest BCUT2D eigenvalue weighted by molar-refractivity contribution is 5.94. The Morgan fingerprint density at radius 1 is 1.43 bits per heavy atom. The molecule has 1 rings (SSSR count). The summed E-state index contributed by atoms with van der Waals surface area (Å²) in [4.78, 5) is 13.5. The molecule has 0 fully saturated rings. The second-order valence-corrected chi connectivity index (χ2v) is 3.37. The Bertz CT molecular complexity index is 297. The third-order valence-corrected chi connectivity index (χ3v) is 2.34. The molecule has 0 aromatic heterocycles. The zero-order valence-electron chi connectivity index (χ0n) is 8.60. The maximum absolute atomic E-state index is 11.8. The number of hydrogen-bond donors (Lipinski definition) is 1. The summed E-state index contributed by atoms with van der Waals surface area (Å²) >= 11 is 0. The zero-order valence-corrected chi connectivity index (χ0v) is 8.60. The van der Waals surface area contributed by atoms with E-state index in [1.54, 1.807) is 11.9 Å². The molecule has 0 heterocycles. The van der Waals surface area contributed by atoms with E-state index in [1.807, 2.05) is 37.3 Å². The molecular formula is C11H16N2O. The molecule has 3 nitrogen and oxygen atoms in total. The molecule has 1 amide bonds. The largest absolute Gasteiger partial charge is 0.338 e. The van der Waals surface area contributed by atoms with Crippen LogP contribution in [0.2, 0.25) is 0 Å². The number of carbonyl (C=O) groups excluding carboxylic acids is 1. The molecule has 1 unspecified atom stereocenters. The molecule has 0 aliphatic heterocycles. The lowest BCUT2D eigenvalue weighted by Crippen LogP contribution is -2.39. The second kappa shape index (κ2) is 4.77. The summed E-state index contributed by atoms with van der Waals surface area (Å²) in [6.07, 6.45) is 0. The summed E-state index contributed by atoms with van der Waals surface area (Å²) in [5, 5.41) is 0. The van der Waals surface area contributed by atoms with E-state index in [0.717, 1.165) is 0 Å². The second-order valence-electron chi connectivity index (χ2n) is 3.37. The number of likely N-dealkylation sites (N-methyl/N-ethyl adjacent to an activating group) is 1. The van der Waals surface area contributed by atoms with Gasteiger partial charge in [0.15, 0.2) is 0 Å². The first-order valence-corrected chi connectivity index (χ1v) is 4.69. The molecular weight excluding hydrogens is 176 g/mol.